The van der Waals surface area contributed by atoms with Gasteiger partial charge >= 0.3 is 0 Å². The van der Waals surface area contributed by atoms with E-state index in [4.69, 9.17) is 0 Å². The van der Waals surface area contributed by atoms with Crippen molar-refractivity contribution in [2.45, 2.75) is 6.54 Å². The molecular weight excluding hydrogens is 250 g/mol. The predicted molar refractivity (Wildman–Crippen MR) is 66.9 cm³/mol. The maximum atomic E-state index is 3.61. The van der Waals surface area contributed by atoms with Crippen molar-refractivity contribution < 1.29 is 0 Å². The minimum Gasteiger partial charge on any atom is -0.380 e. The Morgan fingerprint density at radius 2 is 1.87 bits per heavy atom. The molecule has 74 valence electrons. The zero-order valence-electron chi connectivity index (χ0n) is 8.13. The molecule has 0 spiro atoms. The second-order valence-electron chi connectivity index (χ2n) is 3.67. The Balaban J connectivity index is 2.33. The molecule has 2 aromatic carbocycles. The molecule has 1 heterocycles. The molecule has 1 nitrogen and oxygen atoms in total. The molecule has 2 aromatic rings. The van der Waals surface area contributed by atoms with E-state index < -0.39 is 0 Å². The van der Waals surface area contributed by atoms with Crippen LogP contribution in [0.3, 0.4) is 0 Å². The number of fused-ring (bicyclic) bond motifs is 3. The summed E-state index contributed by atoms with van der Waals surface area (Å²) in [6.45, 7) is 0.916. The highest BCUT2D eigenvalue weighted by atomic mass is 79.9. The fourth-order valence-corrected chi connectivity index (χ4v) is 2.63. The van der Waals surface area contributed by atoms with Gasteiger partial charge in [0.1, 0.15) is 0 Å². The largest absolute Gasteiger partial charge is 0.380 e. The van der Waals surface area contributed by atoms with E-state index in [1.165, 1.54) is 22.4 Å². The number of benzene rings is 2. The molecule has 0 radical (unpaired) electrons. The zero-order chi connectivity index (χ0) is 10.3. The molecule has 1 N–H and O–H groups in total. The highest BCUT2D eigenvalue weighted by Gasteiger charge is 2.16. The van der Waals surface area contributed by atoms with Crippen LogP contribution in [0.2, 0.25) is 0 Å². The van der Waals surface area contributed by atoms with Crippen LogP contribution < -0.4 is 5.32 Å². The molecule has 0 aliphatic carbocycles. The van der Waals surface area contributed by atoms with Crippen LogP contribution in [-0.4, -0.2) is 0 Å². The summed E-state index contributed by atoms with van der Waals surface area (Å²) in [6, 6.07) is 14.8. The minimum atomic E-state index is 0.916. The smallest absolute Gasteiger partial charge is 0.0434 e. The van der Waals surface area contributed by atoms with Crippen molar-refractivity contribution in [3.05, 3.63) is 52.5 Å². The molecule has 3 rings (SSSR count). The highest BCUT2D eigenvalue weighted by Crippen LogP contribution is 2.40. The Labute approximate surface area is 97.3 Å². The van der Waals surface area contributed by atoms with Crippen molar-refractivity contribution in [1.29, 1.82) is 0 Å². The van der Waals surface area contributed by atoms with Gasteiger partial charge in [-0.25, -0.2) is 0 Å². The number of hydrogen-bond acceptors (Lipinski definition) is 1. The standard InChI is InChI=1S/C13H10BrN/c14-11-6-3-7-12-13(11)10-5-2-1-4-9(10)8-15-12/h1-7,15H,8H2. The van der Waals surface area contributed by atoms with Gasteiger partial charge in [0.2, 0.25) is 0 Å². The molecule has 0 fully saturated rings. The van der Waals surface area contributed by atoms with Crippen LogP contribution in [0.15, 0.2) is 46.9 Å². The van der Waals surface area contributed by atoms with E-state index in [0.717, 1.165) is 11.0 Å². The molecule has 0 amide bonds. The van der Waals surface area contributed by atoms with Crippen LogP contribution >= 0.6 is 15.9 Å². The zero-order valence-corrected chi connectivity index (χ0v) is 9.71. The Hall–Kier alpha value is -1.28. The summed E-state index contributed by atoms with van der Waals surface area (Å²) >= 11 is 3.61. The maximum absolute atomic E-state index is 3.61. The number of anilines is 1. The lowest BCUT2D eigenvalue weighted by Crippen LogP contribution is -2.08. The van der Waals surface area contributed by atoms with Crippen LogP contribution in [-0.2, 0) is 6.54 Å². The van der Waals surface area contributed by atoms with E-state index in [2.05, 4.69) is 63.7 Å². The average molecular weight is 260 g/mol. The molecule has 0 aromatic heterocycles. The van der Waals surface area contributed by atoms with Gasteiger partial charge in [0.25, 0.3) is 0 Å². The fourth-order valence-electron chi connectivity index (χ4n) is 2.05. The molecule has 1 aliphatic heterocycles. The van der Waals surface area contributed by atoms with E-state index in [-0.39, 0.29) is 0 Å². The molecular formula is C13H10BrN. The molecule has 0 atom stereocenters. The second-order valence-corrected chi connectivity index (χ2v) is 4.53. The quantitative estimate of drug-likeness (QED) is 0.753. The van der Waals surface area contributed by atoms with Gasteiger partial charge in [-0.2, -0.15) is 0 Å². The number of hydrogen-bond donors (Lipinski definition) is 1. The van der Waals surface area contributed by atoms with Gasteiger partial charge in [-0.1, -0.05) is 46.3 Å². The average Bonchev–Trinajstić information content (AvgIpc) is 2.29. The van der Waals surface area contributed by atoms with E-state index in [9.17, 15) is 0 Å². The highest BCUT2D eigenvalue weighted by molar-refractivity contribution is 9.10. The molecule has 0 saturated heterocycles. The van der Waals surface area contributed by atoms with Crippen LogP contribution in [0.4, 0.5) is 5.69 Å². The summed E-state index contributed by atoms with van der Waals surface area (Å²) < 4.78 is 1.15. The van der Waals surface area contributed by atoms with Crippen molar-refractivity contribution in [3.8, 4) is 11.1 Å². The van der Waals surface area contributed by atoms with E-state index in [0.29, 0.717) is 0 Å². The van der Waals surface area contributed by atoms with E-state index >= 15 is 0 Å². The third-order valence-electron chi connectivity index (χ3n) is 2.77. The summed E-state index contributed by atoms with van der Waals surface area (Å²) in [5.74, 6) is 0. The Bertz CT molecular complexity index is 520. The minimum absolute atomic E-state index is 0.916. The van der Waals surface area contributed by atoms with Crippen molar-refractivity contribution >= 4 is 21.6 Å². The first-order valence-corrected chi connectivity index (χ1v) is 5.76. The van der Waals surface area contributed by atoms with Crippen LogP contribution in [0, 0.1) is 0 Å². The third kappa shape index (κ3) is 1.37. The molecule has 0 bridgehead atoms. The maximum Gasteiger partial charge on any atom is 0.0434 e. The van der Waals surface area contributed by atoms with Gasteiger partial charge < -0.3 is 5.32 Å². The number of halogens is 1. The monoisotopic (exact) mass is 259 g/mol. The van der Waals surface area contributed by atoms with Gasteiger partial charge in [0.15, 0.2) is 0 Å². The molecule has 1 aliphatic rings. The summed E-state index contributed by atoms with van der Waals surface area (Å²) in [7, 11) is 0. The van der Waals surface area contributed by atoms with Crippen LogP contribution in [0.25, 0.3) is 11.1 Å². The van der Waals surface area contributed by atoms with Crippen molar-refractivity contribution in [1.82, 2.24) is 0 Å². The lowest BCUT2D eigenvalue weighted by molar-refractivity contribution is 1.13. The van der Waals surface area contributed by atoms with Gasteiger partial charge in [0, 0.05) is 22.3 Å². The van der Waals surface area contributed by atoms with Crippen LogP contribution in [0.5, 0.6) is 0 Å². The SMILES string of the molecule is Brc1cccc2c1-c1ccccc1CN2. The third-order valence-corrected chi connectivity index (χ3v) is 3.43. The summed E-state index contributed by atoms with van der Waals surface area (Å²) in [6.07, 6.45) is 0. The lowest BCUT2D eigenvalue weighted by atomic mass is 9.95. The molecule has 2 heteroatoms. The Morgan fingerprint density at radius 3 is 2.80 bits per heavy atom. The van der Waals surface area contributed by atoms with E-state index in [1.807, 2.05) is 0 Å². The van der Waals surface area contributed by atoms with Gasteiger partial charge in [-0.3, -0.25) is 0 Å². The van der Waals surface area contributed by atoms with Crippen molar-refractivity contribution in [2.24, 2.45) is 0 Å². The van der Waals surface area contributed by atoms with Crippen molar-refractivity contribution in [2.75, 3.05) is 5.32 Å². The molecule has 0 unspecified atom stereocenters. The summed E-state index contributed by atoms with van der Waals surface area (Å²) in [4.78, 5) is 0. The van der Waals surface area contributed by atoms with Crippen molar-refractivity contribution in [3.63, 3.8) is 0 Å². The fraction of sp³-hybridized carbons (Fsp3) is 0.0769. The Morgan fingerprint density at radius 1 is 1.00 bits per heavy atom. The van der Waals surface area contributed by atoms with Gasteiger partial charge in [-0.15, -0.1) is 0 Å². The normalized spacial score (nSPS) is 12.6. The van der Waals surface area contributed by atoms with E-state index in [1.54, 1.807) is 0 Å². The predicted octanol–water partition coefficient (Wildman–Crippen LogP) is 4.04. The van der Waals surface area contributed by atoms with Crippen LogP contribution in [0.1, 0.15) is 5.56 Å². The number of nitrogens with one attached hydrogen (secondary N) is 1. The second kappa shape index (κ2) is 3.38. The Kier molecular flexibility index (Phi) is 2.03. The van der Waals surface area contributed by atoms with Gasteiger partial charge in [-0.05, 0) is 23.3 Å². The summed E-state index contributed by atoms with van der Waals surface area (Å²) in [5.41, 5.74) is 5.18. The van der Waals surface area contributed by atoms with Gasteiger partial charge in [0.05, 0.1) is 0 Å². The first kappa shape index (κ1) is 8.98. The topological polar surface area (TPSA) is 12.0 Å². The molecule has 0 saturated carbocycles. The summed E-state index contributed by atoms with van der Waals surface area (Å²) in [5, 5.41) is 3.43. The number of rotatable bonds is 0. The first-order valence-electron chi connectivity index (χ1n) is 4.97. The molecule has 15 heavy (non-hydrogen) atoms. The lowest BCUT2D eigenvalue weighted by Gasteiger charge is -2.22. The first-order chi connectivity index (χ1) is 7.36.